The van der Waals surface area contributed by atoms with E-state index >= 15 is 0 Å². The number of hydrogen-bond donors (Lipinski definition) is 0. The fourth-order valence-corrected chi connectivity index (χ4v) is 2.54. The Morgan fingerprint density at radius 1 is 1.20 bits per heavy atom. The van der Waals surface area contributed by atoms with Crippen LogP contribution in [0.15, 0.2) is 47.0 Å². The lowest BCUT2D eigenvalue weighted by Gasteiger charge is -2.14. The second-order valence-corrected chi connectivity index (χ2v) is 5.85. The molecule has 3 aromatic rings. The summed E-state index contributed by atoms with van der Waals surface area (Å²) in [6.45, 7) is 3.91. The van der Waals surface area contributed by atoms with Gasteiger partial charge in [0.1, 0.15) is 5.82 Å². The standard InChI is InChI=1S/C19H17FN4O/c1-13-7-8-16(20)17(9-13)24(12-21)11-18-22-19(25-23-18)10-15-6-4-3-5-14(15)2/h3-9H,10-11H2,1-2H3. The Morgan fingerprint density at radius 3 is 2.76 bits per heavy atom. The van der Waals surface area contributed by atoms with Gasteiger partial charge in [0, 0.05) is 0 Å². The lowest BCUT2D eigenvalue weighted by atomic mass is 10.1. The van der Waals surface area contributed by atoms with Crippen molar-refractivity contribution in [3.63, 3.8) is 0 Å². The number of aryl methyl sites for hydroxylation is 2. The molecule has 0 unspecified atom stereocenters. The quantitative estimate of drug-likeness (QED) is 0.522. The van der Waals surface area contributed by atoms with Crippen molar-refractivity contribution in [2.75, 3.05) is 4.90 Å². The average molecular weight is 336 g/mol. The summed E-state index contributed by atoms with van der Waals surface area (Å²) in [5.74, 6) is 0.341. The molecule has 0 amide bonds. The summed E-state index contributed by atoms with van der Waals surface area (Å²) in [4.78, 5) is 5.53. The van der Waals surface area contributed by atoms with E-state index in [1.807, 2.05) is 44.3 Å². The third kappa shape index (κ3) is 3.83. The normalized spacial score (nSPS) is 10.5. The van der Waals surface area contributed by atoms with Gasteiger partial charge >= 0.3 is 0 Å². The van der Waals surface area contributed by atoms with Gasteiger partial charge in [0.15, 0.2) is 12.0 Å². The summed E-state index contributed by atoms with van der Waals surface area (Å²) in [5.41, 5.74) is 3.31. The predicted octanol–water partition coefficient (Wildman–Crippen LogP) is 3.90. The third-order valence-corrected chi connectivity index (χ3v) is 3.93. The van der Waals surface area contributed by atoms with Gasteiger partial charge in [0.2, 0.25) is 5.89 Å². The highest BCUT2D eigenvalue weighted by atomic mass is 19.1. The molecular weight excluding hydrogens is 319 g/mol. The zero-order chi connectivity index (χ0) is 17.8. The van der Waals surface area contributed by atoms with Crippen molar-refractivity contribution >= 4 is 5.69 Å². The smallest absolute Gasteiger partial charge is 0.231 e. The Hall–Kier alpha value is -3.20. The number of anilines is 1. The first-order valence-electron chi connectivity index (χ1n) is 7.86. The molecule has 25 heavy (non-hydrogen) atoms. The number of benzene rings is 2. The summed E-state index contributed by atoms with van der Waals surface area (Å²) < 4.78 is 19.3. The Morgan fingerprint density at radius 2 is 2.00 bits per heavy atom. The van der Waals surface area contributed by atoms with E-state index in [0.717, 1.165) is 16.7 Å². The molecule has 0 aliphatic rings. The first-order valence-corrected chi connectivity index (χ1v) is 7.86. The van der Waals surface area contributed by atoms with Crippen LogP contribution in [0, 0.1) is 31.1 Å². The summed E-state index contributed by atoms with van der Waals surface area (Å²) in [6, 6.07) is 12.6. The van der Waals surface area contributed by atoms with Crippen molar-refractivity contribution in [3.05, 3.63) is 76.7 Å². The Kier molecular flexibility index (Phi) is 4.75. The molecule has 0 saturated carbocycles. The second-order valence-electron chi connectivity index (χ2n) is 5.85. The number of halogens is 1. The molecule has 1 aromatic heterocycles. The molecule has 0 spiro atoms. The Labute approximate surface area is 145 Å². The van der Waals surface area contributed by atoms with E-state index < -0.39 is 5.82 Å². The minimum Gasteiger partial charge on any atom is -0.339 e. The van der Waals surface area contributed by atoms with Gasteiger partial charge in [-0.05, 0) is 42.7 Å². The maximum absolute atomic E-state index is 14.0. The maximum atomic E-state index is 14.0. The van der Waals surface area contributed by atoms with Gasteiger partial charge in [0.05, 0.1) is 18.7 Å². The first kappa shape index (κ1) is 16.7. The molecule has 126 valence electrons. The number of rotatable bonds is 5. The van der Waals surface area contributed by atoms with Crippen molar-refractivity contribution in [2.24, 2.45) is 0 Å². The van der Waals surface area contributed by atoms with Crippen LogP contribution in [0.5, 0.6) is 0 Å². The van der Waals surface area contributed by atoms with Crippen LogP contribution in [0.4, 0.5) is 10.1 Å². The molecule has 0 radical (unpaired) electrons. The van der Waals surface area contributed by atoms with Crippen LogP contribution in [-0.2, 0) is 13.0 Å². The molecule has 5 nitrogen and oxygen atoms in total. The van der Waals surface area contributed by atoms with Crippen molar-refractivity contribution in [1.29, 1.82) is 5.26 Å². The van der Waals surface area contributed by atoms with Gasteiger partial charge in [-0.1, -0.05) is 35.5 Å². The van der Waals surface area contributed by atoms with Crippen LogP contribution in [-0.4, -0.2) is 10.1 Å². The zero-order valence-electron chi connectivity index (χ0n) is 14.0. The van der Waals surface area contributed by atoms with E-state index in [-0.39, 0.29) is 12.2 Å². The Bertz CT molecular complexity index is 929. The summed E-state index contributed by atoms with van der Waals surface area (Å²) in [5, 5.41) is 13.3. The molecule has 0 N–H and O–H groups in total. The van der Waals surface area contributed by atoms with Gasteiger partial charge in [-0.3, -0.25) is 4.90 Å². The van der Waals surface area contributed by atoms with Crippen molar-refractivity contribution in [1.82, 2.24) is 10.1 Å². The van der Waals surface area contributed by atoms with Crippen molar-refractivity contribution in [2.45, 2.75) is 26.8 Å². The molecule has 0 saturated heterocycles. The lowest BCUT2D eigenvalue weighted by molar-refractivity contribution is 0.379. The minimum absolute atomic E-state index is 0.0497. The average Bonchev–Trinajstić information content (AvgIpc) is 3.04. The van der Waals surface area contributed by atoms with Gasteiger partial charge in [-0.2, -0.15) is 10.2 Å². The summed E-state index contributed by atoms with van der Waals surface area (Å²) in [6.07, 6.45) is 2.49. The van der Waals surface area contributed by atoms with Crippen LogP contribution in [0.3, 0.4) is 0 Å². The minimum atomic E-state index is -0.462. The molecule has 0 bridgehead atoms. The fourth-order valence-electron chi connectivity index (χ4n) is 2.54. The van der Waals surface area contributed by atoms with E-state index in [1.54, 1.807) is 12.1 Å². The topological polar surface area (TPSA) is 66.0 Å². The molecular formula is C19H17FN4O. The van der Waals surface area contributed by atoms with E-state index in [9.17, 15) is 9.65 Å². The van der Waals surface area contributed by atoms with Crippen LogP contribution < -0.4 is 4.90 Å². The summed E-state index contributed by atoms with van der Waals surface area (Å²) >= 11 is 0. The van der Waals surface area contributed by atoms with Crippen molar-refractivity contribution in [3.8, 4) is 6.19 Å². The highest BCUT2D eigenvalue weighted by Gasteiger charge is 2.16. The van der Waals surface area contributed by atoms with Crippen LogP contribution >= 0.6 is 0 Å². The van der Waals surface area contributed by atoms with E-state index in [1.165, 1.54) is 11.0 Å². The number of aromatic nitrogens is 2. The third-order valence-electron chi connectivity index (χ3n) is 3.93. The van der Waals surface area contributed by atoms with Gasteiger partial charge < -0.3 is 4.52 Å². The monoisotopic (exact) mass is 336 g/mol. The largest absolute Gasteiger partial charge is 0.339 e. The molecule has 1 heterocycles. The van der Waals surface area contributed by atoms with E-state index in [0.29, 0.717) is 18.1 Å². The maximum Gasteiger partial charge on any atom is 0.231 e. The van der Waals surface area contributed by atoms with Gasteiger partial charge in [-0.15, -0.1) is 0 Å². The molecule has 2 aromatic carbocycles. The highest BCUT2D eigenvalue weighted by Crippen LogP contribution is 2.22. The van der Waals surface area contributed by atoms with Crippen LogP contribution in [0.25, 0.3) is 0 Å². The molecule has 0 aliphatic heterocycles. The molecule has 6 heteroatoms. The second kappa shape index (κ2) is 7.14. The lowest BCUT2D eigenvalue weighted by Crippen LogP contribution is -2.18. The van der Waals surface area contributed by atoms with Gasteiger partial charge in [-0.25, -0.2) is 4.39 Å². The van der Waals surface area contributed by atoms with Crippen LogP contribution in [0.2, 0.25) is 0 Å². The van der Waals surface area contributed by atoms with E-state index in [2.05, 4.69) is 10.1 Å². The molecule has 0 atom stereocenters. The van der Waals surface area contributed by atoms with Crippen molar-refractivity contribution < 1.29 is 8.91 Å². The predicted molar refractivity (Wildman–Crippen MR) is 91.2 cm³/mol. The molecule has 0 aliphatic carbocycles. The van der Waals surface area contributed by atoms with E-state index in [4.69, 9.17) is 4.52 Å². The van der Waals surface area contributed by atoms with Gasteiger partial charge in [0.25, 0.3) is 0 Å². The van der Waals surface area contributed by atoms with Crippen LogP contribution in [0.1, 0.15) is 28.4 Å². The summed E-state index contributed by atoms with van der Waals surface area (Å²) in [7, 11) is 0. The number of nitrogens with zero attached hydrogens (tertiary/aromatic N) is 4. The number of hydrogen-bond acceptors (Lipinski definition) is 5. The SMILES string of the molecule is Cc1ccc(F)c(N(C#N)Cc2noc(Cc3ccccc3C)n2)c1. The zero-order valence-corrected chi connectivity index (χ0v) is 14.0. The first-order chi connectivity index (χ1) is 12.1. The fraction of sp³-hybridized carbons (Fsp3) is 0.211. The number of nitriles is 1. The molecule has 0 fully saturated rings. The Balaban J connectivity index is 1.77. The highest BCUT2D eigenvalue weighted by molar-refractivity contribution is 5.53. The molecule has 3 rings (SSSR count).